The van der Waals surface area contributed by atoms with E-state index in [1.54, 1.807) is 24.3 Å². The summed E-state index contributed by atoms with van der Waals surface area (Å²) in [7, 11) is 0. The maximum absolute atomic E-state index is 12.1. The SMILES string of the molecule is O=C(CNC(=O)c1cc2ccccc2[nH]1)NNC(=O)c1cccc(Cl)c1. The number of carbonyl (C=O) groups is 3. The average molecular weight is 371 g/mol. The lowest BCUT2D eigenvalue weighted by Crippen LogP contribution is -2.46. The molecule has 132 valence electrons. The van der Waals surface area contributed by atoms with Gasteiger partial charge in [-0.3, -0.25) is 25.2 Å². The quantitative estimate of drug-likeness (QED) is 0.528. The summed E-state index contributed by atoms with van der Waals surface area (Å²) in [6, 6.07) is 15.4. The van der Waals surface area contributed by atoms with Gasteiger partial charge < -0.3 is 10.3 Å². The molecular formula is C18H15ClN4O3. The van der Waals surface area contributed by atoms with Crippen LogP contribution in [0.3, 0.4) is 0 Å². The van der Waals surface area contributed by atoms with Crippen molar-refractivity contribution in [2.24, 2.45) is 0 Å². The van der Waals surface area contributed by atoms with Gasteiger partial charge in [0.2, 0.25) is 0 Å². The van der Waals surface area contributed by atoms with E-state index in [0.717, 1.165) is 10.9 Å². The van der Waals surface area contributed by atoms with E-state index in [1.807, 2.05) is 24.3 Å². The van der Waals surface area contributed by atoms with Gasteiger partial charge in [0, 0.05) is 21.5 Å². The lowest BCUT2D eigenvalue weighted by atomic mass is 10.2. The molecular weight excluding hydrogens is 356 g/mol. The van der Waals surface area contributed by atoms with Crippen LogP contribution in [0, 0.1) is 0 Å². The van der Waals surface area contributed by atoms with E-state index in [-0.39, 0.29) is 6.54 Å². The Morgan fingerprint density at radius 3 is 2.50 bits per heavy atom. The van der Waals surface area contributed by atoms with Crippen molar-refractivity contribution >= 4 is 40.2 Å². The molecule has 0 fully saturated rings. The molecule has 7 nitrogen and oxygen atoms in total. The number of amides is 3. The third kappa shape index (κ3) is 4.20. The summed E-state index contributed by atoms with van der Waals surface area (Å²) in [4.78, 5) is 38.7. The molecule has 0 radical (unpaired) electrons. The topological polar surface area (TPSA) is 103 Å². The van der Waals surface area contributed by atoms with Gasteiger partial charge in [-0.05, 0) is 30.3 Å². The zero-order valence-corrected chi connectivity index (χ0v) is 14.3. The zero-order valence-electron chi connectivity index (χ0n) is 13.5. The van der Waals surface area contributed by atoms with Crippen molar-refractivity contribution in [3.63, 3.8) is 0 Å². The first kappa shape index (κ1) is 17.5. The highest BCUT2D eigenvalue weighted by Crippen LogP contribution is 2.14. The van der Waals surface area contributed by atoms with Crippen molar-refractivity contribution in [3.8, 4) is 0 Å². The van der Waals surface area contributed by atoms with Crippen LogP contribution in [0.4, 0.5) is 0 Å². The molecule has 3 rings (SSSR count). The first-order chi connectivity index (χ1) is 12.5. The number of benzene rings is 2. The van der Waals surface area contributed by atoms with Gasteiger partial charge in [0.05, 0.1) is 6.54 Å². The number of nitrogens with one attached hydrogen (secondary N) is 4. The van der Waals surface area contributed by atoms with Crippen molar-refractivity contribution in [1.82, 2.24) is 21.2 Å². The van der Waals surface area contributed by atoms with E-state index in [9.17, 15) is 14.4 Å². The molecule has 0 spiro atoms. The molecule has 0 aliphatic rings. The van der Waals surface area contributed by atoms with Crippen LogP contribution >= 0.6 is 11.6 Å². The van der Waals surface area contributed by atoms with Gasteiger partial charge in [-0.25, -0.2) is 0 Å². The zero-order chi connectivity index (χ0) is 18.5. The van der Waals surface area contributed by atoms with Crippen LogP contribution < -0.4 is 16.2 Å². The third-order valence-electron chi connectivity index (χ3n) is 3.59. The molecule has 0 aliphatic carbocycles. The Labute approximate surface area is 153 Å². The maximum atomic E-state index is 12.1. The molecule has 0 unspecified atom stereocenters. The molecule has 1 heterocycles. The van der Waals surface area contributed by atoms with Gasteiger partial charge in [0.15, 0.2) is 0 Å². The predicted octanol–water partition coefficient (Wildman–Crippen LogP) is 2.01. The normalized spacial score (nSPS) is 10.3. The minimum absolute atomic E-state index is 0.288. The smallest absolute Gasteiger partial charge is 0.269 e. The molecule has 3 aromatic rings. The Morgan fingerprint density at radius 2 is 1.73 bits per heavy atom. The maximum Gasteiger partial charge on any atom is 0.269 e. The van der Waals surface area contributed by atoms with Gasteiger partial charge in [-0.1, -0.05) is 35.9 Å². The molecule has 2 aromatic carbocycles. The van der Waals surface area contributed by atoms with E-state index >= 15 is 0 Å². The molecule has 1 aromatic heterocycles. The molecule has 0 aliphatic heterocycles. The van der Waals surface area contributed by atoms with E-state index < -0.39 is 17.7 Å². The molecule has 8 heteroatoms. The minimum Gasteiger partial charge on any atom is -0.351 e. The first-order valence-electron chi connectivity index (χ1n) is 7.73. The molecule has 0 saturated carbocycles. The lowest BCUT2D eigenvalue weighted by Gasteiger charge is -2.08. The Kier molecular flexibility index (Phi) is 5.19. The summed E-state index contributed by atoms with van der Waals surface area (Å²) in [5.41, 5.74) is 5.97. The molecule has 3 amide bonds. The van der Waals surface area contributed by atoms with Crippen LogP contribution in [0.25, 0.3) is 10.9 Å². The third-order valence-corrected chi connectivity index (χ3v) is 3.82. The number of aromatic amines is 1. The number of carbonyl (C=O) groups excluding carboxylic acids is 3. The van der Waals surface area contributed by atoms with E-state index in [1.165, 1.54) is 6.07 Å². The first-order valence-corrected chi connectivity index (χ1v) is 8.11. The Morgan fingerprint density at radius 1 is 0.923 bits per heavy atom. The average Bonchev–Trinajstić information content (AvgIpc) is 3.08. The van der Waals surface area contributed by atoms with E-state index in [2.05, 4.69) is 21.2 Å². The van der Waals surface area contributed by atoms with Crippen LogP contribution in [-0.2, 0) is 4.79 Å². The highest BCUT2D eigenvalue weighted by molar-refractivity contribution is 6.30. The number of fused-ring (bicyclic) bond motifs is 1. The standard InChI is InChI=1S/C18H15ClN4O3/c19-13-6-3-5-12(8-13)17(25)23-22-16(24)10-20-18(26)15-9-11-4-1-2-7-14(11)21-15/h1-9,21H,10H2,(H,20,26)(H,22,24)(H,23,25). The fourth-order valence-corrected chi connectivity index (χ4v) is 2.51. The number of halogens is 1. The second-order valence-corrected chi connectivity index (χ2v) is 5.90. The van der Waals surface area contributed by atoms with Crippen molar-refractivity contribution in [2.75, 3.05) is 6.54 Å². The fraction of sp³-hybridized carbons (Fsp3) is 0.0556. The van der Waals surface area contributed by atoms with Crippen LogP contribution in [0.2, 0.25) is 5.02 Å². The van der Waals surface area contributed by atoms with Gasteiger partial charge in [0.25, 0.3) is 17.7 Å². The second-order valence-electron chi connectivity index (χ2n) is 5.47. The lowest BCUT2D eigenvalue weighted by molar-refractivity contribution is -0.120. The highest BCUT2D eigenvalue weighted by atomic mass is 35.5. The Hall–Kier alpha value is -3.32. The van der Waals surface area contributed by atoms with Crippen LogP contribution in [0.1, 0.15) is 20.8 Å². The van der Waals surface area contributed by atoms with Gasteiger partial charge in [-0.15, -0.1) is 0 Å². The monoisotopic (exact) mass is 370 g/mol. The number of para-hydroxylation sites is 1. The molecule has 26 heavy (non-hydrogen) atoms. The number of H-pyrrole nitrogens is 1. The van der Waals surface area contributed by atoms with Crippen molar-refractivity contribution in [2.45, 2.75) is 0 Å². The fourth-order valence-electron chi connectivity index (χ4n) is 2.32. The number of hydrogen-bond donors (Lipinski definition) is 4. The van der Waals surface area contributed by atoms with E-state index in [4.69, 9.17) is 11.6 Å². The van der Waals surface area contributed by atoms with Crippen LogP contribution in [-0.4, -0.2) is 29.3 Å². The highest BCUT2D eigenvalue weighted by Gasteiger charge is 2.12. The van der Waals surface area contributed by atoms with Crippen LogP contribution in [0.15, 0.2) is 54.6 Å². The second kappa shape index (κ2) is 7.71. The number of hydrazine groups is 1. The summed E-state index contributed by atoms with van der Waals surface area (Å²) in [5.74, 6) is -1.50. The largest absolute Gasteiger partial charge is 0.351 e. The predicted molar refractivity (Wildman–Crippen MR) is 97.7 cm³/mol. The molecule has 0 atom stereocenters. The van der Waals surface area contributed by atoms with E-state index in [0.29, 0.717) is 16.3 Å². The van der Waals surface area contributed by atoms with Crippen molar-refractivity contribution in [1.29, 1.82) is 0 Å². The molecule has 4 N–H and O–H groups in total. The summed E-state index contributed by atoms with van der Waals surface area (Å²) < 4.78 is 0. The number of rotatable bonds is 4. The van der Waals surface area contributed by atoms with Crippen molar-refractivity contribution in [3.05, 3.63) is 70.9 Å². The Bertz CT molecular complexity index is 950. The molecule has 0 bridgehead atoms. The summed E-state index contributed by atoms with van der Waals surface area (Å²) >= 11 is 5.81. The summed E-state index contributed by atoms with van der Waals surface area (Å²) in [5, 5.41) is 3.79. The minimum atomic E-state index is -0.565. The number of aromatic nitrogens is 1. The van der Waals surface area contributed by atoms with Gasteiger partial charge in [0.1, 0.15) is 5.69 Å². The van der Waals surface area contributed by atoms with Gasteiger partial charge >= 0.3 is 0 Å². The van der Waals surface area contributed by atoms with Crippen molar-refractivity contribution < 1.29 is 14.4 Å². The van der Waals surface area contributed by atoms with Crippen LogP contribution in [0.5, 0.6) is 0 Å². The summed E-state index contributed by atoms with van der Waals surface area (Å²) in [6.07, 6.45) is 0. The Balaban J connectivity index is 1.49. The molecule has 0 saturated heterocycles. The summed E-state index contributed by atoms with van der Waals surface area (Å²) in [6.45, 7) is -0.288. The number of hydrogen-bond acceptors (Lipinski definition) is 3. The van der Waals surface area contributed by atoms with Gasteiger partial charge in [-0.2, -0.15) is 0 Å².